The van der Waals surface area contributed by atoms with E-state index in [2.05, 4.69) is 5.32 Å². The highest BCUT2D eigenvalue weighted by molar-refractivity contribution is 5.92. The van der Waals surface area contributed by atoms with Crippen LogP contribution in [0.1, 0.15) is 0 Å². The first-order valence-corrected chi connectivity index (χ1v) is 7.14. The number of likely N-dealkylation sites (N-methyl/N-ethyl adjacent to an activating group) is 1. The van der Waals surface area contributed by atoms with E-state index in [4.69, 9.17) is 4.74 Å². The topological polar surface area (TPSA) is 61.9 Å². The first-order valence-electron chi connectivity index (χ1n) is 7.14. The highest BCUT2D eigenvalue weighted by Gasteiger charge is 2.19. The van der Waals surface area contributed by atoms with Crippen molar-refractivity contribution in [2.75, 3.05) is 51.8 Å². The molecule has 7 heteroatoms. The fraction of sp³-hybridized carbons (Fsp3) is 0.467. The second-order valence-electron chi connectivity index (χ2n) is 5.22. The molecule has 1 N–H and O–H groups in total. The zero-order chi connectivity index (χ0) is 15.9. The van der Waals surface area contributed by atoms with Crippen molar-refractivity contribution in [1.82, 2.24) is 9.80 Å². The third kappa shape index (κ3) is 5.09. The maximum Gasteiger partial charge on any atom is 0.238 e. The number of nitrogens with one attached hydrogen (secondary N) is 1. The predicted molar refractivity (Wildman–Crippen MR) is 79.9 cm³/mol. The van der Waals surface area contributed by atoms with Gasteiger partial charge in [0.2, 0.25) is 11.8 Å². The molecule has 1 heterocycles. The fourth-order valence-electron chi connectivity index (χ4n) is 2.18. The van der Waals surface area contributed by atoms with E-state index in [1.807, 2.05) is 0 Å². The molecule has 1 saturated heterocycles. The number of benzene rings is 1. The number of rotatable bonds is 5. The van der Waals surface area contributed by atoms with Crippen LogP contribution in [0.2, 0.25) is 0 Å². The fourth-order valence-corrected chi connectivity index (χ4v) is 2.18. The Kier molecular flexibility index (Phi) is 5.85. The maximum atomic E-state index is 12.8. The number of ether oxygens (including phenoxy) is 1. The van der Waals surface area contributed by atoms with Crippen LogP contribution in [0.4, 0.5) is 10.1 Å². The third-order valence-corrected chi connectivity index (χ3v) is 3.31. The Balaban J connectivity index is 1.75. The minimum Gasteiger partial charge on any atom is -0.378 e. The van der Waals surface area contributed by atoms with Crippen LogP contribution in [0.3, 0.4) is 0 Å². The van der Waals surface area contributed by atoms with Gasteiger partial charge in [0.15, 0.2) is 0 Å². The zero-order valence-corrected chi connectivity index (χ0v) is 12.5. The molecule has 22 heavy (non-hydrogen) atoms. The van der Waals surface area contributed by atoms with Crippen LogP contribution in [0.15, 0.2) is 24.3 Å². The lowest BCUT2D eigenvalue weighted by atomic mass is 10.3. The summed E-state index contributed by atoms with van der Waals surface area (Å²) >= 11 is 0. The van der Waals surface area contributed by atoms with Gasteiger partial charge in [-0.15, -0.1) is 0 Å². The molecule has 1 aliphatic rings. The Bertz CT molecular complexity index is 515. The van der Waals surface area contributed by atoms with Gasteiger partial charge in [0.05, 0.1) is 26.3 Å². The SMILES string of the molecule is CN(CC(=O)Nc1ccc(F)cc1)CC(=O)N1CCOCC1. The molecule has 1 aromatic rings. The Morgan fingerprint density at radius 1 is 1.23 bits per heavy atom. The first-order chi connectivity index (χ1) is 10.5. The van der Waals surface area contributed by atoms with E-state index in [-0.39, 0.29) is 30.7 Å². The molecule has 120 valence electrons. The van der Waals surface area contributed by atoms with Crippen LogP contribution in [0.5, 0.6) is 0 Å². The molecular formula is C15H20FN3O3. The summed E-state index contributed by atoms with van der Waals surface area (Å²) in [6.45, 7) is 2.56. The molecule has 1 aromatic carbocycles. The molecule has 6 nitrogen and oxygen atoms in total. The van der Waals surface area contributed by atoms with E-state index in [1.54, 1.807) is 16.8 Å². The molecule has 0 spiro atoms. The first kappa shape index (κ1) is 16.4. The van der Waals surface area contributed by atoms with Gasteiger partial charge in [-0.1, -0.05) is 0 Å². The van der Waals surface area contributed by atoms with Crippen molar-refractivity contribution < 1.29 is 18.7 Å². The quantitative estimate of drug-likeness (QED) is 0.863. The lowest BCUT2D eigenvalue weighted by molar-refractivity contribution is -0.136. The summed E-state index contributed by atoms with van der Waals surface area (Å²) in [5.74, 6) is -0.615. The van der Waals surface area contributed by atoms with Gasteiger partial charge in [0.1, 0.15) is 5.82 Å². The Labute approximate surface area is 128 Å². The van der Waals surface area contributed by atoms with Crippen molar-refractivity contribution in [2.45, 2.75) is 0 Å². The summed E-state index contributed by atoms with van der Waals surface area (Å²) in [6, 6.07) is 5.54. The van der Waals surface area contributed by atoms with Crippen molar-refractivity contribution in [1.29, 1.82) is 0 Å². The van der Waals surface area contributed by atoms with E-state index in [9.17, 15) is 14.0 Å². The highest BCUT2D eigenvalue weighted by Crippen LogP contribution is 2.08. The van der Waals surface area contributed by atoms with E-state index < -0.39 is 0 Å². The zero-order valence-electron chi connectivity index (χ0n) is 12.5. The number of halogens is 1. The average molecular weight is 309 g/mol. The van der Waals surface area contributed by atoms with E-state index in [0.717, 1.165) is 0 Å². The van der Waals surface area contributed by atoms with Gasteiger partial charge in [-0.3, -0.25) is 14.5 Å². The van der Waals surface area contributed by atoms with Gasteiger partial charge in [-0.2, -0.15) is 0 Å². The lowest BCUT2D eigenvalue weighted by Gasteiger charge is -2.28. The number of nitrogens with zero attached hydrogens (tertiary/aromatic N) is 2. The van der Waals surface area contributed by atoms with Gasteiger partial charge in [-0.05, 0) is 31.3 Å². The van der Waals surface area contributed by atoms with E-state index in [0.29, 0.717) is 32.0 Å². The van der Waals surface area contributed by atoms with Crippen molar-refractivity contribution in [3.63, 3.8) is 0 Å². The van der Waals surface area contributed by atoms with E-state index >= 15 is 0 Å². The summed E-state index contributed by atoms with van der Waals surface area (Å²) in [5, 5.41) is 2.66. The van der Waals surface area contributed by atoms with Gasteiger partial charge < -0.3 is 15.0 Å². The molecule has 0 saturated carbocycles. The number of morpholine rings is 1. The summed E-state index contributed by atoms with van der Waals surface area (Å²) in [7, 11) is 1.71. The van der Waals surface area contributed by atoms with Crippen molar-refractivity contribution in [3.8, 4) is 0 Å². The Morgan fingerprint density at radius 3 is 2.50 bits per heavy atom. The van der Waals surface area contributed by atoms with Crippen LogP contribution in [0, 0.1) is 5.82 Å². The predicted octanol–water partition coefficient (Wildman–Crippen LogP) is 0.555. The van der Waals surface area contributed by atoms with Crippen LogP contribution in [0.25, 0.3) is 0 Å². The Morgan fingerprint density at radius 2 is 1.86 bits per heavy atom. The maximum absolute atomic E-state index is 12.8. The monoisotopic (exact) mass is 309 g/mol. The molecular weight excluding hydrogens is 289 g/mol. The molecule has 0 aromatic heterocycles. The lowest BCUT2D eigenvalue weighted by Crippen LogP contribution is -2.46. The largest absolute Gasteiger partial charge is 0.378 e. The molecule has 0 atom stereocenters. The van der Waals surface area contributed by atoms with Crippen LogP contribution >= 0.6 is 0 Å². The van der Waals surface area contributed by atoms with Gasteiger partial charge in [-0.25, -0.2) is 4.39 Å². The molecule has 1 fully saturated rings. The second-order valence-corrected chi connectivity index (χ2v) is 5.22. The number of amides is 2. The minimum absolute atomic E-state index is 0.0135. The number of hydrogen-bond acceptors (Lipinski definition) is 4. The van der Waals surface area contributed by atoms with Crippen LogP contribution < -0.4 is 5.32 Å². The average Bonchev–Trinajstić information content (AvgIpc) is 2.50. The number of carbonyl (C=O) groups excluding carboxylic acids is 2. The second kappa shape index (κ2) is 7.86. The van der Waals surface area contributed by atoms with Crippen molar-refractivity contribution >= 4 is 17.5 Å². The van der Waals surface area contributed by atoms with Crippen molar-refractivity contribution in [2.24, 2.45) is 0 Å². The smallest absolute Gasteiger partial charge is 0.238 e. The summed E-state index contributed by atoms with van der Waals surface area (Å²) in [5.41, 5.74) is 0.527. The number of anilines is 1. The molecule has 2 amide bonds. The van der Waals surface area contributed by atoms with Gasteiger partial charge >= 0.3 is 0 Å². The molecule has 0 unspecified atom stereocenters. The highest BCUT2D eigenvalue weighted by atomic mass is 19.1. The molecule has 0 bridgehead atoms. The molecule has 0 radical (unpaired) electrons. The van der Waals surface area contributed by atoms with Crippen LogP contribution in [-0.4, -0.2) is 68.1 Å². The summed E-state index contributed by atoms with van der Waals surface area (Å²) in [4.78, 5) is 27.3. The summed E-state index contributed by atoms with van der Waals surface area (Å²) < 4.78 is 18.0. The summed E-state index contributed by atoms with van der Waals surface area (Å²) in [6.07, 6.45) is 0. The molecule has 2 rings (SSSR count). The number of carbonyl (C=O) groups is 2. The van der Waals surface area contributed by atoms with Crippen molar-refractivity contribution in [3.05, 3.63) is 30.1 Å². The van der Waals surface area contributed by atoms with Gasteiger partial charge in [0, 0.05) is 18.8 Å². The van der Waals surface area contributed by atoms with Gasteiger partial charge in [0.25, 0.3) is 0 Å². The number of hydrogen-bond donors (Lipinski definition) is 1. The Hall–Kier alpha value is -1.99. The minimum atomic E-state index is -0.355. The normalized spacial score (nSPS) is 15.0. The molecule has 1 aliphatic heterocycles. The third-order valence-electron chi connectivity index (χ3n) is 3.31. The molecule has 0 aliphatic carbocycles. The van der Waals surface area contributed by atoms with E-state index in [1.165, 1.54) is 24.3 Å². The van der Waals surface area contributed by atoms with Crippen LogP contribution in [-0.2, 0) is 14.3 Å². The standard InChI is InChI=1S/C15H20FN3O3/c1-18(11-15(21)19-6-8-22-9-7-19)10-14(20)17-13-4-2-12(16)3-5-13/h2-5H,6-11H2,1H3,(H,17,20).